The predicted octanol–water partition coefficient (Wildman–Crippen LogP) is 6.08. The van der Waals surface area contributed by atoms with Crippen molar-refractivity contribution in [3.63, 3.8) is 0 Å². The highest BCUT2D eigenvalue weighted by molar-refractivity contribution is 6.28. The Bertz CT molecular complexity index is 739. The summed E-state index contributed by atoms with van der Waals surface area (Å²) in [4.78, 5) is 8.59. The molecule has 1 heterocycles. The molecule has 150 valence electrons. The third-order valence-corrected chi connectivity index (χ3v) is 3.47. The molecule has 0 bridgehead atoms. The van der Waals surface area contributed by atoms with Gasteiger partial charge in [-0.1, -0.05) is 13.8 Å². The molecule has 10 heteroatoms. The molecule has 1 aromatic heterocycles. The van der Waals surface area contributed by atoms with Crippen LogP contribution >= 0.6 is 11.6 Å². The van der Waals surface area contributed by atoms with Crippen molar-refractivity contribution in [3.8, 4) is 17.0 Å². The lowest BCUT2D eigenvalue weighted by Gasteiger charge is -2.23. The van der Waals surface area contributed by atoms with E-state index in [4.69, 9.17) is 11.6 Å². The smallest absolute Gasteiger partial charge is 0.406 e. The molecule has 0 radical (unpaired) electrons. The Morgan fingerprint density at radius 2 is 1.67 bits per heavy atom. The zero-order valence-corrected chi connectivity index (χ0v) is 15.9. The van der Waals surface area contributed by atoms with Gasteiger partial charge in [0.25, 0.3) is 0 Å². The third-order valence-electron chi connectivity index (χ3n) is 3.30. The van der Waals surface area contributed by atoms with Crippen LogP contribution in [-0.4, -0.2) is 29.4 Å². The molecule has 2 rings (SSSR count). The lowest BCUT2D eigenvalue weighted by molar-refractivity contribution is -0.274. The number of rotatable bonds is 5. The van der Waals surface area contributed by atoms with Gasteiger partial charge in [-0.3, -0.25) is 0 Å². The Balaban J connectivity index is 0.00000176. The quantitative estimate of drug-likeness (QED) is 0.339. The van der Waals surface area contributed by atoms with Crippen LogP contribution in [0, 0.1) is 6.92 Å². The SMILES string of the molecule is CC.CCN(c1nc(Cl)nc(-c2ccc(OC(F)(F)F)cc2)c1C)C(F)F. The van der Waals surface area contributed by atoms with Crippen LogP contribution in [0.2, 0.25) is 5.28 Å². The van der Waals surface area contributed by atoms with Gasteiger partial charge in [-0.15, -0.1) is 13.2 Å². The van der Waals surface area contributed by atoms with E-state index in [9.17, 15) is 22.0 Å². The van der Waals surface area contributed by atoms with E-state index in [2.05, 4.69) is 14.7 Å². The Hall–Kier alpha value is -2.16. The number of hydrogen-bond acceptors (Lipinski definition) is 4. The molecular formula is C17H19ClF5N3O. The molecular weight excluding hydrogens is 393 g/mol. The minimum atomic E-state index is -4.80. The maximum Gasteiger partial charge on any atom is 0.573 e. The van der Waals surface area contributed by atoms with E-state index < -0.39 is 18.7 Å². The van der Waals surface area contributed by atoms with Crippen LogP contribution in [0.5, 0.6) is 5.75 Å². The number of nitrogens with zero attached hydrogens (tertiary/aromatic N) is 3. The van der Waals surface area contributed by atoms with Crippen LogP contribution < -0.4 is 9.64 Å². The fourth-order valence-electron chi connectivity index (χ4n) is 2.23. The molecule has 0 unspecified atom stereocenters. The van der Waals surface area contributed by atoms with Gasteiger partial charge in [0.05, 0.1) is 5.69 Å². The summed E-state index contributed by atoms with van der Waals surface area (Å²) in [5, 5.41) is -0.245. The largest absolute Gasteiger partial charge is 0.573 e. The van der Waals surface area contributed by atoms with Gasteiger partial charge in [0.2, 0.25) is 5.28 Å². The molecule has 0 aliphatic carbocycles. The van der Waals surface area contributed by atoms with Crippen molar-refractivity contribution in [1.29, 1.82) is 0 Å². The average Bonchev–Trinajstić information content (AvgIpc) is 2.59. The maximum atomic E-state index is 13.1. The summed E-state index contributed by atoms with van der Waals surface area (Å²) in [5.74, 6) is -0.444. The van der Waals surface area contributed by atoms with Crippen molar-refractivity contribution in [2.75, 3.05) is 11.4 Å². The lowest BCUT2D eigenvalue weighted by Crippen LogP contribution is -2.30. The Labute approximate surface area is 158 Å². The summed E-state index contributed by atoms with van der Waals surface area (Å²) >= 11 is 5.83. The normalized spacial score (nSPS) is 11.1. The third kappa shape index (κ3) is 6.20. The van der Waals surface area contributed by atoms with E-state index in [0.29, 0.717) is 11.1 Å². The van der Waals surface area contributed by atoms with E-state index in [-0.39, 0.29) is 23.3 Å². The zero-order valence-electron chi connectivity index (χ0n) is 15.1. The summed E-state index contributed by atoms with van der Waals surface area (Å²) in [5.41, 5.74) is 0.964. The molecule has 2 aromatic rings. The van der Waals surface area contributed by atoms with Gasteiger partial charge < -0.3 is 9.64 Å². The first-order valence-electron chi connectivity index (χ1n) is 8.07. The van der Waals surface area contributed by atoms with Gasteiger partial charge in [-0.2, -0.15) is 8.78 Å². The van der Waals surface area contributed by atoms with Crippen LogP contribution in [0.1, 0.15) is 26.3 Å². The molecule has 0 aliphatic rings. The number of hydrogen-bond donors (Lipinski definition) is 0. The van der Waals surface area contributed by atoms with Gasteiger partial charge in [0.15, 0.2) is 0 Å². The van der Waals surface area contributed by atoms with Crippen molar-refractivity contribution in [2.24, 2.45) is 0 Å². The average molecular weight is 412 g/mol. The van der Waals surface area contributed by atoms with Crippen LogP contribution in [0.25, 0.3) is 11.3 Å². The molecule has 0 amide bonds. The predicted molar refractivity (Wildman–Crippen MR) is 94.3 cm³/mol. The van der Waals surface area contributed by atoms with Gasteiger partial charge in [-0.25, -0.2) is 9.97 Å². The van der Waals surface area contributed by atoms with E-state index in [1.54, 1.807) is 0 Å². The summed E-state index contributed by atoms with van der Waals surface area (Å²) in [6.45, 7) is 4.27. The summed E-state index contributed by atoms with van der Waals surface area (Å²) in [6, 6.07) is 4.86. The van der Waals surface area contributed by atoms with E-state index in [0.717, 1.165) is 17.0 Å². The number of benzene rings is 1. The molecule has 0 saturated carbocycles. The first-order chi connectivity index (χ1) is 12.6. The second-order valence-electron chi connectivity index (χ2n) is 4.93. The van der Waals surface area contributed by atoms with Crippen molar-refractivity contribution in [2.45, 2.75) is 40.6 Å². The Morgan fingerprint density at radius 3 is 2.11 bits per heavy atom. The topological polar surface area (TPSA) is 38.2 Å². The highest BCUT2D eigenvalue weighted by Gasteiger charge is 2.31. The van der Waals surface area contributed by atoms with Crippen LogP contribution in [0.15, 0.2) is 24.3 Å². The minimum Gasteiger partial charge on any atom is -0.406 e. The standard InChI is InChI=1S/C15H13ClF5N3O.C2H6/c1-3-24(14(17)18)12-8(2)11(22-13(16)23-12)9-4-6-10(7-5-9)25-15(19,20)21;1-2/h4-7,14H,3H2,1-2H3;1-2H3. The number of alkyl halides is 5. The first-order valence-corrected chi connectivity index (χ1v) is 8.45. The summed E-state index contributed by atoms with van der Waals surface area (Å²) in [7, 11) is 0. The second-order valence-corrected chi connectivity index (χ2v) is 5.26. The fourth-order valence-corrected chi connectivity index (χ4v) is 2.40. The van der Waals surface area contributed by atoms with E-state index in [1.165, 1.54) is 26.0 Å². The number of aromatic nitrogens is 2. The molecule has 0 fully saturated rings. The van der Waals surface area contributed by atoms with Gasteiger partial charge in [0.1, 0.15) is 11.6 Å². The van der Waals surface area contributed by atoms with Crippen molar-refractivity contribution < 1.29 is 26.7 Å². The molecule has 0 atom stereocenters. The Morgan fingerprint density at radius 1 is 1.11 bits per heavy atom. The van der Waals surface area contributed by atoms with Crippen molar-refractivity contribution in [3.05, 3.63) is 35.1 Å². The van der Waals surface area contributed by atoms with Crippen LogP contribution in [-0.2, 0) is 0 Å². The summed E-state index contributed by atoms with van der Waals surface area (Å²) < 4.78 is 66.7. The van der Waals surface area contributed by atoms with Crippen LogP contribution in [0.3, 0.4) is 0 Å². The highest BCUT2D eigenvalue weighted by Crippen LogP contribution is 2.32. The second kappa shape index (κ2) is 9.68. The first kappa shape index (κ1) is 22.9. The maximum absolute atomic E-state index is 13.1. The molecule has 4 nitrogen and oxygen atoms in total. The fraction of sp³-hybridized carbons (Fsp3) is 0.412. The lowest BCUT2D eigenvalue weighted by atomic mass is 10.1. The Kier molecular flexibility index (Phi) is 8.20. The number of halogens is 6. The van der Waals surface area contributed by atoms with Crippen LogP contribution in [0.4, 0.5) is 27.8 Å². The van der Waals surface area contributed by atoms with E-state index >= 15 is 0 Å². The van der Waals surface area contributed by atoms with Crippen molar-refractivity contribution in [1.82, 2.24) is 9.97 Å². The molecule has 1 aromatic carbocycles. The van der Waals surface area contributed by atoms with E-state index in [1.807, 2.05) is 13.8 Å². The molecule has 0 aliphatic heterocycles. The zero-order chi connectivity index (χ0) is 20.8. The molecule has 0 spiro atoms. The summed E-state index contributed by atoms with van der Waals surface area (Å²) in [6.07, 6.45) is -4.80. The van der Waals surface area contributed by atoms with Gasteiger partial charge >= 0.3 is 12.9 Å². The van der Waals surface area contributed by atoms with Crippen molar-refractivity contribution >= 4 is 17.4 Å². The van der Waals surface area contributed by atoms with Gasteiger partial charge in [0, 0.05) is 17.7 Å². The highest BCUT2D eigenvalue weighted by atomic mass is 35.5. The number of ether oxygens (including phenoxy) is 1. The molecule has 0 N–H and O–H groups in total. The minimum absolute atomic E-state index is 0.0103. The number of anilines is 1. The molecule has 0 saturated heterocycles. The molecule has 27 heavy (non-hydrogen) atoms. The van der Waals surface area contributed by atoms with Gasteiger partial charge in [-0.05, 0) is 49.7 Å². The monoisotopic (exact) mass is 411 g/mol.